The van der Waals surface area contributed by atoms with Gasteiger partial charge in [-0.2, -0.15) is 0 Å². The first-order chi connectivity index (χ1) is 14.0. The van der Waals surface area contributed by atoms with E-state index < -0.39 is 0 Å². The minimum absolute atomic E-state index is 0.131. The summed E-state index contributed by atoms with van der Waals surface area (Å²) in [5.74, 6) is -0.101. The summed E-state index contributed by atoms with van der Waals surface area (Å²) in [6.07, 6.45) is 3.04. The molecule has 0 fully saturated rings. The Balaban J connectivity index is 1.73. The number of nitrogens with one attached hydrogen (secondary N) is 2. The lowest BCUT2D eigenvalue weighted by Gasteiger charge is -2.15. The number of benzene rings is 2. The summed E-state index contributed by atoms with van der Waals surface area (Å²) in [6, 6.07) is 20.6. The fraction of sp³-hybridized carbons (Fsp3) is 0.167. The van der Waals surface area contributed by atoms with Gasteiger partial charge in [0.25, 0.3) is 11.8 Å². The molecule has 29 heavy (non-hydrogen) atoms. The van der Waals surface area contributed by atoms with Crippen molar-refractivity contribution in [1.82, 2.24) is 10.6 Å². The van der Waals surface area contributed by atoms with Crippen LogP contribution < -0.4 is 10.6 Å². The van der Waals surface area contributed by atoms with Gasteiger partial charge < -0.3 is 15.1 Å². The van der Waals surface area contributed by atoms with E-state index in [0.29, 0.717) is 17.9 Å². The number of carbonyl (C=O) groups is 2. The van der Waals surface area contributed by atoms with E-state index in [-0.39, 0.29) is 23.4 Å². The molecule has 2 aromatic carbocycles. The third-order valence-corrected chi connectivity index (χ3v) is 4.54. The lowest BCUT2D eigenvalue weighted by atomic mass is 10.0. The van der Waals surface area contributed by atoms with Crippen LogP contribution in [0.4, 0.5) is 0 Å². The minimum Gasteiger partial charge on any atom is -0.465 e. The standard InChI is InChI=1S/C24H24N2O3/c1-17-8-6-11-20(14-17)23(27)26-22(15-21-12-7-13-29-21)24(28)25-16-18(2)19-9-4-3-5-10-19/h3-15,18H,16H2,1-2H3,(H,25,28)(H,26,27)/b22-15-/t18-/m1/s1. The fourth-order valence-electron chi connectivity index (χ4n) is 2.90. The highest BCUT2D eigenvalue weighted by atomic mass is 16.3. The fourth-order valence-corrected chi connectivity index (χ4v) is 2.90. The van der Waals surface area contributed by atoms with E-state index in [0.717, 1.165) is 11.1 Å². The summed E-state index contributed by atoms with van der Waals surface area (Å²) >= 11 is 0. The summed E-state index contributed by atoms with van der Waals surface area (Å²) in [7, 11) is 0. The molecule has 0 saturated carbocycles. The molecular weight excluding hydrogens is 364 g/mol. The van der Waals surface area contributed by atoms with Crippen LogP contribution in [0.3, 0.4) is 0 Å². The summed E-state index contributed by atoms with van der Waals surface area (Å²) in [4.78, 5) is 25.4. The van der Waals surface area contributed by atoms with E-state index in [1.807, 2.05) is 56.3 Å². The van der Waals surface area contributed by atoms with E-state index in [9.17, 15) is 9.59 Å². The van der Waals surface area contributed by atoms with Crippen molar-refractivity contribution in [3.63, 3.8) is 0 Å². The Hall–Kier alpha value is -3.60. The third-order valence-electron chi connectivity index (χ3n) is 4.54. The molecule has 2 amide bonds. The molecule has 0 saturated heterocycles. The lowest BCUT2D eigenvalue weighted by molar-refractivity contribution is -0.117. The van der Waals surface area contributed by atoms with Gasteiger partial charge >= 0.3 is 0 Å². The third kappa shape index (κ3) is 5.69. The summed E-state index contributed by atoms with van der Waals surface area (Å²) in [5, 5.41) is 5.61. The molecule has 0 radical (unpaired) electrons. The number of aryl methyl sites for hydroxylation is 1. The van der Waals surface area contributed by atoms with Crippen molar-refractivity contribution in [3.05, 3.63) is 101 Å². The van der Waals surface area contributed by atoms with Gasteiger partial charge in [-0.15, -0.1) is 0 Å². The van der Waals surface area contributed by atoms with Crippen molar-refractivity contribution in [2.45, 2.75) is 19.8 Å². The average Bonchev–Trinajstić information content (AvgIpc) is 3.25. The van der Waals surface area contributed by atoms with E-state index in [2.05, 4.69) is 10.6 Å². The summed E-state index contributed by atoms with van der Waals surface area (Å²) in [5.41, 5.74) is 2.72. The van der Waals surface area contributed by atoms with Gasteiger partial charge in [-0.25, -0.2) is 0 Å². The van der Waals surface area contributed by atoms with Crippen LogP contribution in [0.25, 0.3) is 6.08 Å². The maximum Gasteiger partial charge on any atom is 0.267 e. The van der Waals surface area contributed by atoms with Crippen molar-refractivity contribution >= 4 is 17.9 Å². The molecule has 0 spiro atoms. The molecule has 3 aromatic rings. The molecular formula is C24H24N2O3. The first-order valence-corrected chi connectivity index (χ1v) is 9.49. The molecule has 0 aliphatic rings. The maximum absolute atomic E-state index is 12.8. The number of carbonyl (C=O) groups excluding carboxylic acids is 2. The van der Waals surface area contributed by atoms with Crippen molar-refractivity contribution in [3.8, 4) is 0 Å². The van der Waals surface area contributed by atoms with Crippen molar-refractivity contribution in [1.29, 1.82) is 0 Å². The molecule has 0 unspecified atom stereocenters. The predicted octanol–water partition coefficient (Wildman–Crippen LogP) is 4.28. The first kappa shape index (κ1) is 20.1. The Labute approximate surface area is 170 Å². The van der Waals surface area contributed by atoms with Gasteiger partial charge in [0.1, 0.15) is 11.5 Å². The van der Waals surface area contributed by atoms with Gasteiger partial charge in [0.2, 0.25) is 0 Å². The first-order valence-electron chi connectivity index (χ1n) is 9.49. The number of hydrogen-bond donors (Lipinski definition) is 2. The van der Waals surface area contributed by atoms with E-state index >= 15 is 0 Å². The van der Waals surface area contributed by atoms with Crippen molar-refractivity contribution in [2.75, 3.05) is 6.54 Å². The van der Waals surface area contributed by atoms with E-state index in [1.54, 1.807) is 24.3 Å². The number of rotatable bonds is 7. The Morgan fingerprint density at radius 3 is 2.52 bits per heavy atom. The van der Waals surface area contributed by atoms with E-state index in [1.165, 1.54) is 12.3 Å². The lowest BCUT2D eigenvalue weighted by Crippen LogP contribution is -2.36. The number of amides is 2. The van der Waals surface area contributed by atoms with Gasteiger partial charge in [0.15, 0.2) is 0 Å². The van der Waals surface area contributed by atoms with Crippen molar-refractivity contribution < 1.29 is 14.0 Å². The number of hydrogen-bond acceptors (Lipinski definition) is 3. The van der Waals surface area contributed by atoms with Crippen LogP contribution >= 0.6 is 0 Å². The van der Waals surface area contributed by atoms with Gasteiger partial charge in [-0.05, 0) is 42.7 Å². The second-order valence-corrected chi connectivity index (χ2v) is 6.92. The molecule has 1 atom stereocenters. The molecule has 1 aromatic heterocycles. The zero-order chi connectivity index (χ0) is 20.6. The average molecular weight is 388 g/mol. The van der Waals surface area contributed by atoms with Gasteiger partial charge in [0, 0.05) is 18.2 Å². The molecule has 1 heterocycles. The molecule has 5 heteroatoms. The van der Waals surface area contributed by atoms with Crippen LogP contribution in [0.15, 0.2) is 83.1 Å². The Kier molecular flexibility index (Phi) is 6.63. The van der Waals surface area contributed by atoms with Crippen LogP contribution in [0.2, 0.25) is 0 Å². The van der Waals surface area contributed by atoms with Crippen LogP contribution in [-0.2, 0) is 4.79 Å². The van der Waals surface area contributed by atoms with Crippen molar-refractivity contribution in [2.24, 2.45) is 0 Å². The maximum atomic E-state index is 12.8. The Bertz CT molecular complexity index is 992. The summed E-state index contributed by atoms with van der Waals surface area (Å²) < 4.78 is 5.31. The highest BCUT2D eigenvalue weighted by Gasteiger charge is 2.16. The molecule has 0 aliphatic carbocycles. The van der Waals surface area contributed by atoms with Gasteiger partial charge in [-0.3, -0.25) is 9.59 Å². The highest BCUT2D eigenvalue weighted by Crippen LogP contribution is 2.14. The zero-order valence-electron chi connectivity index (χ0n) is 16.5. The Morgan fingerprint density at radius 2 is 1.83 bits per heavy atom. The highest BCUT2D eigenvalue weighted by molar-refractivity contribution is 6.05. The molecule has 148 valence electrons. The molecule has 5 nitrogen and oxygen atoms in total. The van der Waals surface area contributed by atoms with Crippen LogP contribution in [0, 0.1) is 6.92 Å². The van der Waals surface area contributed by atoms with Gasteiger partial charge in [-0.1, -0.05) is 55.0 Å². The molecule has 2 N–H and O–H groups in total. The van der Waals surface area contributed by atoms with Crippen LogP contribution in [0.1, 0.15) is 40.1 Å². The monoisotopic (exact) mass is 388 g/mol. The normalized spacial score (nSPS) is 12.3. The number of furan rings is 1. The molecule has 0 aliphatic heterocycles. The van der Waals surface area contributed by atoms with Gasteiger partial charge in [0.05, 0.1) is 6.26 Å². The van der Waals surface area contributed by atoms with E-state index in [4.69, 9.17) is 4.42 Å². The minimum atomic E-state index is -0.370. The SMILES string of the molecule is Cc1cccc(C(=O)N/C(=C\c2ccco2)C(=O)NC[C@@H](C)c2ccccc2)c1. The predicted molar refractivity (Wildman–Crippen MR) is 113 cm³/mol. The van der Waals surface area contributed by atoms with Crippen LogP contribution in [-0.4, -0.2) is 18.4 Å². The second kappa shape index (κ2) is 9.55. The molecule has 0 bridgehead atoms. The van der Waals surface area contributed by atoms with Crippen LogP contribution in [0.5, 0.6) is 0 Å². The smallest absolute Gasteiger partial charge is 0.267 e. The quantitative estimate of drug-likeness (QED) is 0.594. The largest absolute Gasteiger partial charge is 0.465 e. The zero-order valence-corrected chi connectivity index (χ0v) is 16.5. The molecule has 3 rings (SSSR count). The summed E-state index contributed by atoms with van der Waals surface area (Å²) in [6.45, 7) is 4.39. The second-order valence-electron chi connectivity index (χ2n) is 6.92. The topological polar surface area (TPSA) is 71.3 Å². The Morgan fingerprint density at radius 1 is 1.03 bits per heavy atom.